The Morgan fingerprint density at radius 2 is 0.818 bits per heavy atom. The lowest BCUT2D eigenvalue weighted by Gasteiger charge is -2.29. The van der Waals surface area contributed by atoms with Crippen molar-refractivity contribution in [1.82, 2.24) is 0 Å². The highest BCUT2D eigenvalue weighted by atomic mass is 31.1. The summed E-state index contributed by atoms with van der Waals surface area (Å²) in [7, 11) is -2.00. The van der Waals surface area contributed by atoms with Crippen molar-refractivity contribution in [3.63, 3.8) is 0 Å². The lowest BCUT2D eigenvalue weighted by Crippen LogP contribution is -2.14. The average Bonchev–Trinajstić information content (AvgIpc) is 3.09. The van der Waals surface area contributed by atoms with Crippen molar-refractivity contribution in [2.24, 2.45) is 0 Å². The Morgan fingerprint density at radius 1 is 0.409 bits per heavy atom. The molecule has 0 fully saturated rings. The molecule has 0 saturated heterocycles. The highest BCUT2D eigenvalue weighted by molar-refractivity contribution is 7.87. The Balaban J connectivity index is 1.74. The van der Waals surface area contributed by atoms with Crippen LogP contribution in [0.5, 0.6) is 0 Å². The molecule has 6 aromatic rings. The van der Waals surface area contributed by atoms with Gasteiger partial charge in [-0.05, 0) is 60.9 Å². The van der Waals surface area contributed by atoms with E-state index in [1.165, 1.54) is 48.8 Å². The van der Waals surface area contributed by atoms with Gasteiger partial charge in [0.2, 0.25) is 0 Å². The van der Waals surface area contributed by atoms with E-state index in [0.29, 0.717) is 0 Å². The molecule has 212 valence electrons. The molecule has 44 heavy (non-hydrogen) atoms. The number of rotatable bonds is 7. The van der Waals surface area contributed by atoms with Crippen LogP contribution in [0.3, 0.4) is 0 Å². The van der Waals surface area contributed by atoms with Crippen molar-refractivity contribution < 1.29 is 0 Å². The van der Waals surface area contributed by atoms with Gasteiger partial charge in [0.05, 0.1) is 0 Å². The third-order valence-electron chi connectivity index (χ3n) is 7.45. The van der Waals surface area contributed by atoms with Gasteiger partial charge in [-0.25, -0.2) is 0 Å². The Labute approximate surface area is 264 Å². The summed E-state index contributed by atoms with van der Waals surface area (Å²) < 4.78 is 0. The largest absolute Gasteiger partial charge is 0.0622 e. The summed E-state index contributed by atoms with van der Waals surface area (Å²) in [6, 6.07) is 61.5. The summed E-state index contributed by atoms with van der Waals surface area (Å²) >= 11 is 0. The molecule has 0 aromatic heterocycles. The van der Waals surface area contributed by atoms with Crippen LogP contribution in [0.25, 0.3) is 10.6 Å². The monoisotopic (exact) mass is 600 g/mol. The molecule has 0 amide bonds. The van der Waals surface area contributed by atoms with Crippen LogP contribution in [0.1, 0.15) is 27.8 Å². The van der Waals surface area contributed by atoms with Gasteiger partial charge in [0.25, 0.3) is 0 Å². The van der Waals surface area contributed by atoms with Gasteiger partial charge in [-0.3, -0.25) is 0 Å². The zero-order valence-corrected chi connectivity index (χ0v) is 26.8. The first-order chi connectivity index (χ1) is 21.7. The van der Waals surface area contributed by atoms with E-state index in [4.69, 9.17) is 0 Å². The first kappa shape index (κ1) is 29.5. The molecule has 6 aromatic carbocycles. The minimum absolute atomic E-state index is 0.925. The van der Waals surface area contributed by atoms with Crippen molar-refractivity contribution >= 4 is 42.4 Å². The molecule has 0 nitrogen and oxygen atoms in total. The molecule has 0 N–H and O–H groups in total. The molecule has 0 saturated carbocycles. The highest BCUT2D eigenvalue weighted by Crippen LogP contribution is 2.61. The maximum atomic E-state index is 3.86. The molecule has 1 atom stereocenters. The van der Waals surface area contributed by atoms with E-state index in [-0.39, 0.29) is 0 Å². The average molecular weight is 601 g/mol. The Kier molecular flexibility index (Phi) is 9.60. The maximum absolute atomic E-state index is 3.86. The minimum Gasteiger partial charge on any atom is -0.0622 e. The Bertz CT molecular complexity index is 1840. The second-order valence-corrected chi connectivity index (χ2v) is 14.7. The molecule has 0 radical (unpaired) electrons. The van der Waals surface area contributed by atoms with Gasteiger partial charge in [-0.2, -0.15) is 0 Å². The second-order valence-electron chi connectivity index (χ2n) is 10.7. The fraction of sp³-hybridized carbons (Fsp3) is 0.0476. The number of hydrogen-bond acceptors (Lipinski definition) is 0. The molecule has 0 heterocycles. The van der Waals surface area contributed by atoms with Crippen LogP contribution in [0.15, 0.2) is 170 Å². The zero-order chi connectivity index (χ0) is 30.1. The summed E-state index contributed by atoms with van der Waals surface area (Å²) in [5.41, 5.74) is 9.85. The SMILES string of the molecule is Cc1ccc(C#CP(/C(=C(/c2ccccc2)P(c2ccccc2)c2ccccc2)c2ccc(C)cc2)c2ccccc2)cc1. The first-order valence-corrected chi connectivity index (χ1v) is 17.6. The van der Waals surface area contributed by atoms with Crippen molar-refractivity contribution in [3.05, 3.63) is 198 Å². The van der Waals surface area contributed by atoms with E-state index in [0.717, 1.165) is 5.56 Å². The fourth-order valence-corrected chi connectivity index (χ4v) is 10.3. The van der Waals surface area contributed by atoms with Crippen LogP contribution in [-0.4, -0.2) is 0 Å². The van der Waals surface area contributed by atoms with Gasteiger partial charge >= 0.3 is 0 Å². The molecule has 0 spiro atoms. The van der Waals surface area contributed by atoms with E-state index in [9.17, 15) is 0 Å². The third kappa shape index (κ3) is 6.99. The maximum Gasteiger partial charge on any atom is 0.0361 e. The quantitative estimate of drug-likeness (QED) is 0.0972. The number of benzene rings is 6. The van der Waals surface area contributed by atoms with Crippen molar-refractivity contribution in [2.75, 3.05) is 0 Å². The predicted octanol–water partition coefficient (Wildman–Crippen LogP) is 10.1. The minimum atomic E-state index is -1.08. The van der Waals surface area contributed by atoms with Crippen LogP contribution >= 0.6 is 15.8 Å². The summed E-state index contributed by atoms with van der Waals surface area (Å²) in [6.45, 7) is 4.28. The fourth-order valence-electron chi connectivity index (χ4n) is 5.20. The van der Waals surface area contributed by atoms with Gasteiger partial charge in [0.1, 0.15) is 0 Å². The summed E-state index contributed by atoms with van der Waals surface area (Å²) in [4.78, 5) is 0. The highest BCUT2D eigenvalue weighted by Gasteiger charge is 2.29. The van der Waals surface area contributed by atoms with Gasteiger partial charge in [0.15, 0.2) is 0 Å². The van der Waals surface area contributed by atoms with Gasteiger partial charge in [-0.15, -0.1) is 0 Å². The molecule has 1 unspecified atom stereocenters. The molecule has 0 aliphatic heterocycles. The molecule has 0 aliphatic rings. The van der Waals surface area contributed by atoms with Crippen molar-refractivity contribution in [2.45, 2.75) is 13.8 Å². The summed E-state index contributed by atoms with van der Waals surface area (Å²) in [5.74, 6) is 3.61. The lowest BCUT2D eigenvalue weighted by molar-refractivity contribution is 1.46. The summed E-state index contributed by atoms with van der Waals surface area (Å²) in [6.07, 6.45) is 0. The molecule has 2 heteroatoms. The van der Waals surface area contributed by atoms with Crippen LogP contribution in [0.4, 0.5) is 0 Å². The first-order valence-electron chi connectivity index (χ1n) is 14.9. The molecule has 6 rings (SSSR count). The molecular formula is C42H34P2. The Hall–Kier alpha value is -4.52. The topological polar surface area (TPSA) is 0 Å². The van der Waals surface area contributed by atoms with E-state index < -0.39 is 15.8 Å². The zero-order valence-electron chi connectivity index (χ0n) is 25.1. The lowest BCUT2D eigenvalue weighted by atomic mass is 10.1. The normalized spacial score (nSPS) is 12.2. The van der Waals surface area contributed by atoms with Gasteiger partial charge in [-0.1, -0.05) is 180 Å². The Morgan fingerprint density at radius 3 is 1.32 bits per heavy atom. The summed E-state index contributed by atoms with van der Waals surface area (Å²) in [5, 5.41) is 6.58. The smallest absolute Gasteiger partial charge is 0.0361 e. The van der Waals surface area contributed by atoms with Gasteiger partial charge < -0.3 is 0 Å². The van der Waals surface area contributed by atoms with Crippen LogP contribution in [0.2, 0.25) is 0 Å². The molecule has 0 aliphatic carbocycles. The molecular weight excluding hydrogens is 566 g/mol. The third-order valence-corrected chi connectivity index (χ3v) is 12.3. The van der Waals surface area contributed by atoms with E-state index in [1.54, 1.807) is 0 Å². The van der Waals surface area contributed by atoms with Crippen molar-refractivity contribution in [1.29, 1.82) is 0 Å². The van der Waals surface area contributed by atoms with Crippen molar-refractivity contribution in [3.8, 4) is 11.6 Å². The predicted molar refractivity (Wildman–Crippen MR) is 195 cm³/mol. The standard InChI is InChI=1S/C42H34P2/c1-33-23-27-35(28-24-33)31-32-43(38-17-9-4-10-18-38)41(37-29-25-34(2)26-30-37)42(36-15-7-3-8-16-36)44(39-19-11-5-12-20-39)40-21-13-6-14-22-40/h3-30H,1-2H3/b42-41-. The molecule has 0 bridgehead atoms. The number of aryl methyl sites for hydroxylation is 2. The van der Waals surface area contributed by atoms with E-state index >= 15 is 0 Å². The van der Waals surface area contributed by atoms with Crippen LogP contribution in [0, 0.1) is 25.4 Å². The second kappa shape index (κ2) is 14.3. The van der Waals surface area contributed by atoms with Crippen LogP contribution < -0.4 is 15.9 Å². The van der Waals surface area contributed by atoms with Crippen LogP contribution in [-0.2, 0) is 0 Å². The van der Waals surface area contributed by atoms with E-state index in [1.807, 2.05) is 0 Å². The van der Waals surface area contributed by atoms with E-state index in [2.05, 4.69) is 195 Å². The number of hydrogen-bond donors (Lipinski definition) is 0. The van der Waals surface area contributed by atoms with Gasteiger partial charge in [0, 0.05) is 24.1 Å².